The summed E-state index contributed by atoms with van der Waals surface area (Å²) in [7, 11) is 0. The van der Waals surface area contributed by atoms with E-state index in [0.717, 1.165) is 51.4 Å². The molecule has 0 bridgehead atoms. The van der Waals surface area contributed by atoms with Crippen LogP contribution < -0.4 is 5.32 Å². The Labute approximate surface area is 574 Å². The van der Waals surface area contributed by atoms with Gasteiger partial charge in [0.2, 0.25) is 5.91 Å². The van der Waals surface area contributed by atoms with Gasteiger partial charge in [0.05, 0.1) is 32.0 Å². The third-order valence-corrected chi connectivity index (χ3v) is 19.5. The lowest BCUT2D eigenvalue weighted by Gasteiger charge is -2.40. The molecule has 548 valence electrons. The summed E-state index contributed by atoms with van der Waals surface area (Å²) >= 11 is 0. The monoisotopic (exact) mass is 1310 g/mol. The molecular weight excluding hydrogens is 1160 g/mol. The smallest absolute Gasteiger partial charge is 0.305 e. The van der Waals surface area contributed by atoms with Crippen LogP contribution in [-0.2, 0) is 23.8 Å². The van der Waals surface area contributed by atoms with Crippen molar-refractivity contribution in [3.8, 4) is 0 Å². The quantitative estimate of drug-likeness (QED) is 0.0195. The molecule has 0 aromatic rings. The summed E-state index contributed by atoms with van der Waals surface area (Å²) in [4.78, 5) is 25.2. The summed E-state index contributed by atoms with van der Waals surface area (Å²) in [5.74, 6) is -0.167. The summed E-state index contributed by atoms with van der Waals surface area (Å²) in [5, 5.41) is 54.4. The highest BCUT2D eigenvalue weighted by molar-refractivity contribution is 5.76. The molecule has 1 saturated heterocycles. The zero-order chi connectivity index (χ0) is 67.2. The van der Waals surface area contributed by atoms with Crippen LogP contribution in [0.4, 0.5) is 0 Å². The number of unbranched alkanes of at least 4 members (excludes halogenated alkanes) is 55. The Morgan fingerprint density at radius 1 is 0.387 bits per heavy atom. The minimum Gasteiger partial charge on any atom is -0.466 e. The number of carbonyl (C=O) groups excluding carboxylic acids is 2. The van der Waals surface area contributed by atoms with Crippen LogP contribution >= 0.6 is 0 Å². The van der Waals surface area contributed by atoms with Gasteiger partial charge in [-0.2, -0.15) is 0 Å². The molecule has 0 spiro atoms. The van der Waals surface area contributed by atoms with Crippen LogP contribution in [0.15, 0.2) is 36.5 Å². The number of nitrogens with one attached hydrogen (secondary N) is 1. The Morgan fingerprint density at radius 2 is 0.699 bits per heavy atom. The Balaban J connectivity index is 1.86. The molecular formula is C82H155NO10. The van der Waals surface area contributed by atoms with Gasteiger partial charge in [-0.3, -0.25) is 9.59 Å². The number of aliphatic hydroxyl groups is 5. The van der Waals surface area contributed by atoms with Gasteiger partial charge in [-0.05, 0) is 70.6 Å². The Kier molecular flexibility index (Phi) is 68.0. The number of hydrogen-bond donors (Lipinski definition) is 6. The van der Waals surface area contributed by atoms with Crippen LogP contribution in [-0.4, -0.2) is 100 Å². The van der Waals surface area contributed by atoms with E-state index in [4.69, 9.17) is 14.2 Å². The normalized spacial score (nSPS) is 17.6. The topological polar surface area (TPSA) is 175 Å². The molecule has 0 radical (unpaired) electrons. The summed E-state index contributed by atoms with van der Waals surface area (Å²) in [6.45, 7) is 4.36. The van der Waals surface area contributed by atoms with Crippen molar-refractivity contribution in [3.05, 3.63) is 36.5 Å². The van der Waals surface area contributed by atoms with E-state index in [2.05, 4.69) is 43.5 Å². The molecule has 7 unspecified atom stereocenters. The molecule has 1 fully saturated rings. The number of rotatable bonds is 73. The molecule has 1 amide bonds. The third kappa shape index (κ3) is 59.6. The van der Waals surface area contributed by atoms with Crippen LogP contribution in [0.25, 0.3) is 0 Å². The fourth-order valence-corrected chi connectivity index (χ4v) is 13.1. The van der Waals surface area contributed by atoms with Gasteiger partial charge in [-0.1, -0.05) is 365 Å². The molecule has 1 aliphatic rings. The number of amides is 1. The summed E-state index contributed by atoms with van der Waals surface area (Å²) in [6, 6.07) is -0.824. The second kappa shape index (κ2) is 71.2. The minimum absolute atomic E-state index is 0.0202. The first-order valence-electron chi connectivity index (χ1n) is 40.8. The molecule has 7 atom stereocenters. The average molecular weight is 1320 g/mol. The van der Waals surface area contributed by atoms with Gasteiger partial charge >= 0.3 is 5.97 Å². The van der Waals surface area contributed by atoms with Crippen LogP contribution in [0.5, 0.6) is 0 Å². The molecule has 11 nitrogen and oxygen atoms in total. The van der Waals surface area contributed by atoms with Gasteiger partial charge in [-0.25, -0.2) is 0 Å². The van der Waals surface area contributed by atoms with Crippen LogP contribution in [0.3, 0.4) is 0 Å². The fraction of sp³-hybridized carbons (Fsp3) is 0.902. The highest BCUT2D eigenvalue weighted by Crippen LogP contribution is 2.24. The lowest BCUT2D eigenvalue weighted by Crippen LogP contribution is -2.60. The Hall–Kier alpha value is -2.12. The maximum absolute atomic E-state index is 13.1. The van der Waals surface area contributed by atoms with Crippen molar-refractivity contribution in [2.75, 3.05) is 19.8 Å². The van der Waals surface area contributed by atoms with Crippen LogP contribution in [0.1, 0.15) is 412 Å². The van der Waals surface area contributed by atoms with Crippen molar-refractivity contribution in [2.45, 2.75) is 455 Å². The summed E-state index contributed by atoms with van der Waals surface area (Å²) < 4.78 is 16.8. The van der Waals surface area contributed by atoms with Gasteiger partial charge in [-0.15, -0.1) is 0 Å². The Morgan fingerprint density at radius 3 is 1.06 bits per heavy atom. The number of allylic oxidation sites excluding steroid dienone is 5. The predicted molar refractivity (Wildman–Crippen MR) is 394 cm³/mol. The molecule has 1 rings (SSSR count). The van der Waals surface area contributed by atoms with Gasteiger partial charge in [0, 0.05) is 12.8 Å². The van der Waals surface area contributed by atoms with E-state index in [-0.39, 0.29) is 18.5 Å². The summed E-state index contributed by atoms with van der Waals surface area (Å²) in [5.41, 5.74) is 0. The number of aliphatic hydroxyl groups excluding tert-OH is 5. The first kappa shape index (κ1) is 88.9. The number of hydrogen-bond acceptors (Lipinski definition) is 10. The van der Waals surface area contributed by atoms with E-state index in [9.17, 15) is 35.1 Å². The number of esters is 1. The zero-order valence-corrected chi connectivity index (χ0v) is 61.2. The lowest BCUT2D eigenvalue weighted by molar-refractivity contribution is -0.302. The Bertz CT molecular complexity index is 1640. The van der Waals surface area contributed by atoms with Crippen molar-refractivity contribution in [3.63, 3.8) is 0 Å². The van der Waals surface area contributed by atoms with E-state index in [1.54, 1.807) is 6.08 Å². The molecule has 0 aromatic heterocycles. The highest BCUT2D eigenvalue weighted by atomic mass is 16.7. The molecule has 0 aliphatic carbocycles. The van der Waals surface area contributed by atoms with E-state index < -0.39 is 49.5 Å². The zero-order valence-electron chi connectivity index (χ0n) is 61.2. The fourth-order valence-electron chi connectivity index (χ4n) is 13.1. The maximum atomic E-state index is 13.1. The maximum Gasteiger partial charge on any atom is 0.305 e. The number of ether oxygens (including phenoxy) is 3. The molecule has 1 aliphatic heterocycles. The predicted octanol–water partition coefficient (Wildman–Crippen LogP) is 22.1. The van der Waals surface area contributed by atoms with Crippen molar-refractivity contribution >= 4 is 11.9 Å². The molecule has 11 heteroatoms. The van der Waals surface area contributed by atoms with Gasteiger partial charge in [0.25, 0.3) is 0 Å². The van der Waals surface area contributed by atoms with Gasteiger partial charge < -0.3 is 45.1 Å². The molecule has 0 saturated carbocycles. The van der Waals surface area contributed by atoms with Crippen molar-refractivity contribution in [1.29, 1.82) is 0 Å². The van der Waals surface area contributed by atoms with Gasteiger partial charge in [0.1, 0.15) is 24.4 Å². The first-order valence-corrected chi connectivity index (χ1v) is 40.8. The number of carbonyl (C=O) groups is 2. The van der Waals surface area contributed by atoms with E-state index in [1.165, 1.54) is 334 Å². The minimum atomic E-state index is -1.57. The van der Waals surface area contributed by atoms with Gasteiger partial charge in [0.15, 0.2) is 6.29 Å². The van der Waals surface area contributed by atoms with Crippen molar-refractivity contribution in [2.24, 2.45) is 0 Å². The second-order valence-electron chi connectivity index (χ2n) is 28.5. The van der Waals surface area contributed by atoms with Crippen LogP contribution in [0, 0.1) is 0 Å². The highest BCUT2D eigenvalue weighted by Gasteiger charge is 2.44. The van der Waals surface area contributed by atoms with E-state index >= 15 is 0 Å². The SMILES string of the molecule is CCCCCCC/C=C/CC/C=C/C(O)C(COC1OC(CO)C(O)C(O)C1O)NC(=O)CCCCCCCCCCCCCCCCCCC/C=C\CCCCCCCCCCCCCCCCCCCCOC(=O)CCCCCCCCCCCCCCCCC. The van der Waals surface area contributed by atoms with Crippen molar-refractivity contribution < 1.29 is 49.3 Å². The van der Waals surface area contributed by atoms with E-state index in [1.807, 2.05) is 6.08 Å². The third-order valence-electron chi connectivity index (χ3n) is 19.5. The van der Waals surface area contributed by atoms with E-state index in [0.29, 0.717) is 19.4 Å². The van der Waals surface area contributed by atoms with Crippen molar-refractivity contribution in [1.82, 2.24) is 5.32 Å². The average Bonchev–Trinajstić information content (AvgIpc) is 0.962. The molecule has 6 N–H and O–H groups in total. The molecule has 93 heavy (non-hydrogen) atoms. The molecule has 0 aromatic carbocycles. The standard InChI is InChI=1S/C82H155NO10/c1-3-5-7-9-11-13-15-16-42-46-50-54-58-62-66-70-78(87)91-71-67-63-59-55-51-47-44-41-39-37-35-33-31-29-27-25-23-21-19-17-18-20-22-24-26-28-30-32-34-36-38-40-43-45-49-53-57-61-65-69-77(86)83-74(73-92-82-81(90)80(89)79(88)76(72-84)93-82)75(85)68-64-60-56-52-48-14-12-10-8-6-4-2/h17-18,48,52,64,68,74-76,79-82,84-85,88-90H,3-16,19-47,49-51,53-63,65-67,69-73H2,1-2H3,(H,83,86)/b18-17-,52-48+,68-64+. The first-order chi connectivity index (χ1) is 45.7. The molecule has 1 heterocycles. The largest absolute Gasteiger partial charge is 0.466 e. The van der Waals surface area contributed by atoms with Crippen LogP contribution in [0.2, 0.25) is 0 Å². The lowest BCUT2D eigenvalue weighted by atomic mass is 9.99. The summed E-state index contributed by atoms with van der Waals surface area (Å²) in [6.07, 6.45) is 83.5. The second-order valence-corrected chi connectivity index (χ2v) is 28.5.